The molecule has 3 aromatic heterocycles. The summed E-state index contributed by atoms with van der Waals surface area (Å²) in [7, 11) is 0. The number of amides is 1. The van der Waals surface area contributed by atoms with Crippen molar-refractivity contribution in [3.05, 3.63) is 40.6 Å². The van der Waals surface area contributed by atoms with Crippen molar-refractivity contribution in [3.63, 3.8) is 0 Å². The summed E-state index contributed by atoms with van der Waals surface area (Å²) in [5.41, 5.74) is 0.492. The molecule has 0 saturated carbocycles. The highest BCUT2D eigenvalue weighted by molar-refractivity contribution is 7.15. The van der Waals surface area contributed by atoms with E-state index in [-0.39, 0.29) is 5.91 Å². The summed E-state index contributed by atoms with van der Waals surface area (Å²) in [6.45, 7) is 5.65. The Morgan fingerprint density at radius 3 is 2.96 bits per heavy atom. The monoisotopic (exact) mass is 329 g/mol. The van der Waals surface area contributed by atoms with Crippen LogP contribution in [-0.4, -0.2) is 37.1 Å². The van der Waals surface area contributed by atoms with Crippen LogP contribution in [0.5, 0.6) is 0 Å². The number of carbonyl (C=O) groups excluding carboxylic acids is 1. The van der Waals surface area contributed by atoms with Crippen LogP contribution in [0.15, 0.2) is 22.8 Å². The summed E-state index contributed by atoms with van der Waals surface area (Å²) < 4.78 is 7.41. The van der Waals surface area contributed by atoms with Gasteiger partial charge in [0.1, 0.15) is 11.5 Å². The Morgan fingerprint density at radius 2 is 2.17 bits per heavy atom. The first kappa shape index (κ1) is 14.1. The van der Waals surface area contributed by atoms with Crippen LogP contribution in [0.2, 0.25) is 0 Å². The molecule has 4 heterocycles. The molecule has 7 nitrogen and oxygen atoms in total. The molecule has 0 saturated heterocycles. The summed E-state index contributed by atoms with van der Waals surface area (Å²) in [6.07, 6.45) is 1.60. The third-order valence-corrected chi connectivity index (χ3v) is 4.94. The molecule has 0 N–H and O–H groups in total. The molecule has 0 atom stereocenters. The molecule has 0 aliphatic carbocycles. The molecule has 0 fully saturated rings. The fourth-order valence-corrected chi connectivity index (χ4v) is 3.60. The highest BCUT2D eigenvalue weighted by Gasteiger charge is 2.27. The molecule has 0 unspecified atom stereocenters. The Hall–Kier alpha value is -2.48. The standard InChI is InChI=1S/C15H15N5O2S/c1-9-13(16-14(23-9)11-4-3-7-22-11)15(21)19-5-6-20-10(2)17-18-12(20)8-19/h3-4,7H,5-6,8H2,1-2H3. The summed E-state index contributed by atoms with van der Waals surface area (Å²) in [4.78, 5) is 19.9. The van der Waals surface area contributed by atoms with Gasteiger partial charge in [-0.05, 0) is 26.0 Å². The second kappa shape index (κ2) is 5.31. The number of thiazole rings is 1. The van der Waals surface area contributed by atoms with Crippen molar-refractivity contribution in [1.82, 2.24) is 24.6 Å². The Balaban J connectivity index is 1.60. The van der Waals surface area contributed by atoms with Crippen molar-refractivity contribution < 1.29 is 9.21 Å². The van der Waals surface area contributed by atoms with Gasteiger partial charge in [-0.15, -0.1) is 21.5 Å². The quantitative estimate of drug-likeness (QED) is 0.721. The smallest absolute Gasteiger partial charge is 0.274 e. The summed E-state index contributed by atoms with van der Waals surface area (Å²) in [5.74, 6) is 2.33. The normalized spacial score (nSPS) is 14.1. The number of hydrogen-bond donors (Lipinski definition) is 0. The minimum Gasteiger partial charge on any atom is -0.462 e. The molecule has 23 heavy (non-hydrogen) atoms. The first-order valence-electron chi connectivity index (χ1n) is 7.33. The number of carbonyl (C=O) groups is 1. The summed E-state index contributed by atoms with van der Waals surface area (Å²) >= 11 is 1.47. The van der Waals surface area contributed by atoms with Crippen molar-refractivity contribution in [2.75, 3.05) is 6.54 Å². The second-order valence-electron chi connectivity index (χ2n) is 5.44. The molecule has 1 amide bonds. The van der Waals surface area contributed by atoms with Gasteiger partial charge in [-0.25, -0.2) is 4.98 Å². The molecule has 1 aliphatic heterocycles. The third-order valence-electron chi connectivity index (χ3n) is 3.96. The van der Waals surface area contributed by atoms with Crippen molar-refractivity contribution in [3.8, 4) is 10.8 Å². The van der Waals surface area contributed by atoms with E-state index < -0.39 is 0 Å². The average Bonchev–Trinajstić information content (AvgIpc) is 3.27. The van der Waals surface area contributed by atoms with Gasteiger partial charge in [0.25, 0.3) is 5.91 Å². The number of aryl methyl sites for hydroxylation is 2. The largest absolute Gasteiger partial charge is 0.462 e. The average molecular weight is 329 g/mol. The summed E-state index contributed by atoms with van der Waals surface area (Å²) in [5, 5.41) is 8.93. The van der Waals surface area contributed by atoms with Gasteiger partial charge in [-0.1, -0.05) is 0 Å². The molecule has 0 aromatic carbocycles. The van der Waals surface area contributed by atoms with Crippen molar-refractivity contribution >= 4 is 17.2 Å². The maximum absolute atomic E-state index is 12.8. The highest BCUT2D eigenvalue weighted by Crippen LogP contribution is 2.29. The lowest BCUT2D eigenvalue weighted by molar-refractivity contribution is 0.0701. The zero-order chi connectivity index (χ0) is 16.0. The minimum atomic E-state index is -0.0662. The first-order valence-corrected chi connectivity index (χ1v) is 8.14. The van der Waals surface area contributed by atoms with Gasteiger partial charge in [0.05, 0.1) is 12.8 Å². The number of hydrogen-bond acceptors (Lipinski definition) is 6. The van der Waals surface area contributed by atoms with E-state index in [0.717, 1.165) is 21.5 Å². The van der Waals surface area contributed by atoms with Crippen molar-refractivity contribution in [1.29, 1.82) is 0 Å². The van der Waals surface area contributed by atoms with E-state index >= 15 is 0 Å². The molecule has 0 spiro atoms. The number of aromatic nitrogens is 4. The zero-order valence-electron chi connectivity index (χ0n) is 12.8. The molecular weight excluding hydrogens is 314 g/mol. The van der Waals surface area contributed by atoms with Gasteiger partial charge >= 0.3 is 0 Å². The van der Waals surface area contributed by atoms with Gasteiger partial charge in [-0.2, -0.15) is 0 Å². The Kier molecular flexibility index (Phi) is 3.26. The molecule has 0 radical (unpaired) electrons. The number of furan rings is 1. The number of rotatable bonds is 2. The van der Waals surface area contributed by atoms with E-state index in [4.69, 9.17) is 4.42 Å². The van der Waals surface area contributed by atoms with Crippen molar-refractivity contribution in [2.24, 2.45) is 0 Å². The second-order valence-corrected chi connectivity index (χ2v) is 6.65. The van der Waals surface area contributed by atoms with Crippen LogP contribution in [0, 0.1) is 13.8 Å². The molecule has 1 aliphatic rings. The number of fused-ring (bicyclic) bond motifs is 1. The van der Waals surface area contributed by atoms with Crippen LogP contribution < -0.4 is 0 Å². The Morgan fingerprint density at radius 1 is 1.30 bits per heavy atom. The van der Waals surface area contributed by atoms with Crippen LogP contribution in [0.4, 0.5) is 0 Å². The van der Waals surface area contributed by atoms with Crippen LogP contribution in [-0.2, 0) is 13.1 Å². The lowest BCUT2D eigenvalue weighted by atomic mass is 10.2. The molecular formula is C15H15N5O2S. The van der Waals surface area contributed by atoms with Crippen molar-refractivity contribution in [2.45, 2.75) is 26.9 Å². The van der Waals surface area contributed by atoms with Crippen LogP contribution in [0.25, 0.3) is 10.8 Å². The molecule has 8 heteroatoms. The highest BCUT2D eigenvalue weighted by atomic mass is 32.1. The van der Waals surface area contributed by atoms with E-state index in [1.54, 1.807) is 11.2 Å². The SMILES string of the molecule is Cc1sc(-c2ccco2)nc1C(=O)N1CCn2c(C)nnc2C1. The van der Waals surface area contributed by atoms with Gasteiger partial charge in [-0.3, -0.25) is 4.79 Å². The fraction of sp³-hybridized carbons (Fsp3) is 0.333. The van der Waals surface area contributed by atoms with E-state index in [1.165, 1.54) is 11.3 Å². The third kappa shape index (κ3) is 2.35. The van der Waals surface area contributed by atoms with Gasteiger partial charge < -0.3 is 13.9 Å². The Bertz CT molecular complexity index is 865. The molecule has 4 rings (SSSR count). The van der Waals surface area contributed by atoms with Gasteiger partial charge in [0, 0.05) is 18.0 Å². The zero-order valence-corrected chi connectivity index (χ0v) is 13.6. The molecule has 118 valence electrons. The minimum absolute atomic E-state index is 0.0662. The lowest BCUT2D eigenvalue weighted by Gasteiger charge is -2.27. The Labute approximate surface area is 136 Å². The predicted molar refractivity (Wildman–Crippen MR) is 84.1 cm³/mol. The number of nitrogens with zero attached hydrogens (tertiary/aromatic N) is 5. The topological polar surface area (TPSA) is 77.0 Å². The van der Waals surface area contributed by atoms with Crippen LogP contribution in [0.1, 0.15) is 27.0 Å². The first-order chi connectivity index (χ1) is 11.1. The predicted octanol–water partition coefficient (Wildman–Crippen LogP) is 2.27. The fourth-order valence-electron chi connectivity index (χ4n) is 2.73. The van der Waals surface area contributed by atoms with E-state index in [1.807, 2.05) is 30.5 Å². The molecule has 0 bridgehead atoms. The lowest BCUT2D eigenvalue weighted by Crippen LogP contribution is -2.39. The maximum atomic E-state index is 12.8. The van der Waals surface area contributed by atoms with E-state index in [2.05, 4.69) is 15.2 Å². The molecule has 3 aromatic rings. The van der Waals surface area contributed by atoms with Crippen LogP contribution in [0.3, 0.4) is 0 Å². The van der Waals surface area contributed by atoms with E-state index in [9.17, 15) is 4.79 Å². The maximum Gasteiger partial charge on any atom is 0.274 e. The summed E-state index contributed by atoms with van der Waals surface area (Å²) in [6, 6.07) is 3.66. The van der Waals surface area contributed by atoms with Gasteiger partial charge in [0.15, 0.2) is 16.6 Å². The van der Waals surface area contributed by atoms with Gasteiger partial charge in [0.2, 0.25) is 0 Å². The van der Waals surface area contributed by atoms with Crippen LogP contribution >= 0.6 is 11.3 Å². The van der Waals surface area contributed by atoms with E-state index in [0.29, 0.717) is 31.1 Å².